The van der Waals surface area contributed by atoms with Crippen LogP contribution in [0.3, 0.4) is 0 Å². The third-order valence-electron chi connectivity index (χ3n) is 4.87. The van der Waals surface area contributed by atoms with Crippen molar-refractivity contribution in [3.63, 3.8) is 0 Å². The molecule has 1 heterocycles. The standard InChI is InChI=1S/C16H24N2O3/c1-2-16(13-19)8-11-17(12-9-16)10-7-14-3-5-15(6-4-14)18(20)21/h3-6,19H,2,7-13H2,1H3. The van der Waals surface area contributed by atoms with Gasteiger partial charge in [0.2, 0.25) is 0 Å². The Morgan fingerprint density at radius 2 is 1.90 bits per heavy atom. The molecule has 0 aromatic heterocycles. The number of piperidine rings is 1. The molecule has 0 bridgehead atoms. The molecule has 5 heteroatoms. The molecule has 21 heavy (non-hydrogen) atoms. The number of benzene rings is 1. The van der Waals surface area contributed by atoms with Crippen LogP contribution in [-0.4, -0.2) is 41.2 Å². The Morgan fingerprint density at radius 3 is 2.38 bits per heavy atom. The summed E-state index contributed by atoms with van der Waals surface area (Å²) in [7, 11) is 0. The first-order valence-corrected chi connectivity index (χ1v) is 7.65. The number of aliphatic hydroxyl groups excluding tert-OH is 1. The topological polar surface area (TPSA) is 66.6 Å². The molecule has 1 aliphatic heterocycles. The average Bonchev–Trinajstić information content (AvgIpc) is 2.54. The van der Waals surface area contributed by atoms with Crippen molar-refractivity contribution in [3.05, 3.63) is 39.9 Å². The fraction of sp³-hybridized carbons (Fsp3) is 0.625. The molecule has 0 spiro atoms. The zero-order valence-corrected chi connectivity index (χ0v) is 12.6. The lowest BCUT2D eigenvalue weighted by molar-refractivity contribution is -0.384. The number of non-ortho nitro benzene ring substituents is 1. The highest BCUT2D eigenvalue weighted by Crippen LogP contribution is 2.34. The van der Waals surface area contributed by atoms with E-state index in [1.165, 1.54) is 0 Å². The summed E-state index contributed by atoms with van der Waals surface area (Å²) in [5, 5.41) is 20.1. The average molecular weight is 292 g/mol. The van der Waals surface area contributed by atoms with E-state index < -0.39 is 0 Å². The van der Waals surface area contributed by atoms with Gasteiger partial charge in [0.05, 0.1) is 4.92 Å². The van der Waals surface area contributed by atoms with Crippen molar-refractivity contribution in [1.29, 1.82) is 0 Å². The van der Waals surface area contributed by atoms with E-state index in [1.54, 1.807) is 12.1 Å². The van der Waals surface area contributed by atoms with Crippen molar-refractivity contribution in [2.45, 2.75) is 32.6 Å². The van der Waals surface area contributed by atoms with E-state index in [2.05, 4.69) is 11.8 Å². The van der Waals surface area contributed by atoms with E-state index in [0.29, 0.717) is 6.61 Å². The first kappa shape index (κ1) is 15.9. The van der Waals surface area contributed by atoms with Crippen molar-refractivity contribution in [2.75, 3.05) is 26.2 Å². The van der Waals surface area contributed by atoms with Gasteiger partial charge in [-0.05, 0) is 49.8 Å². The van der Waals surface area contributed by atoms with Crippen LogP contribution in [0.5, 0.6) is 0 Å². The van der Waals surface area contributed by atoms with Gasteiger partial charge in [0.1, 0.15) is 0 Å². The van der Waals surface area contributed by atoms with Gasteiger partial charge in [-0.3, -0.25) is 10.1 Å². The predicted octanol–water partition coefficient (Wildman–Crippen LogP) is 2.62. The third-order valence-corrected chi connectivity index (χ3v) is 4.87. The summed E-state index contributed by atoms with van der Waals surface area (Å²) in [5.41, 5.74) is 1.41. The highest BCUT2D eigenvalue weighted by Gasteiger charge is 2.31. The van der Waals surface area contributed by atoms with Gasteiger partial charge >= 0.3 is 0 Å². The number of rotatable bonds is 6. The summed E-state index contributed by atoms with van der Waals surface area (Å²) in [6.07, 6.45) is 4.07. The van der Waals surface area contributed by atoms with Crippen LogP contribution in [0.15, 0.2) is 24.3 Å². The Bertz CT molecular complexity index is 459. The maximum absolute atomic E-state index is 10.6. The molecular formula is C16H24N2O3. The first-order valence-electron chi connectivity index (χ1n) is 7.65. The molecule has 1 aliphatic rings. The van der Waals surface area contributed by atoms with Gasteiger partial charge in [-0.2, -0.15) is 0 Å². The minimum absolute atomic E-state index is 0.129. The van der Waals surface area contributed by atoms with E-state index in [0.717, 1.165) is 50.9 Å². The predicted molar refractivity (Wildman–Crippen MR) is 82.3 cm³/mol. The Kier molecular flexibility index (Phi) is 5.31. The van der Waals surface area contributed by atoms with E-state index in [9.17, 15) is 15.2 Å². The van der Waals surface area contributed by atoms with Crippen LogP contribution in [0.4, 0.5) is 5.69 Å². The SMILES string of the molecule is CCC1(CO)CCN(CCc2ccc([N+](=O)[O-])cc2)CC1. The van der Waals surface area contributed by atoms with Gasteiger partial charge < -0.3 is 10.0 Å². The molecule has 0 saturated carbocycles. The maximum atomic E-state index is 10.6. The van der Waals surface area contributed by atoms with Crippen LogP contribution in [0.2, 0.25) is 0 Å². The lowest BCUT2D eigenvalue weighted by Gasteiger charge is -2.40. The van der Waals surface area contributed by atoms with Crippen LogP contribution in [0.25, 0.3) is 0 Å². The zero-order valence-electron chi connectivity index (χ0n) is 12.6. The van der Waals surface area contributed by atoms with Gasteiger partial charge in [0.15, 0.2) is 0 Å². The lowest BCUT2D eigenvalue weighted by atomic mass is 9.77. The Labute approximate surface area is 125 Å². The van der Waals surface area contributed by atoms with Gasteiger partial charge in [0.25, 0.3) is 5.69 Å². The van der Waals surface area contributed by atoms with Gasteiger partial charge in [-0.25, -0.2) is 0 Å². The number of likely N-dealkylation sites (tertiary alicyclic amines) is 1. The van der Waals surface area contributed by atoms with Gasteiger partial charge in [-0.15, -0.1) is 0 Å². The molecule has 0 radical (unpaired) electrons. The molecule has 0 amide bonds. The molecule has 0 unspecified atom stereocenters. The van der Waals surface area contributed by atoms with Crippen molar-refractivity contribution >= 4 is 5.69 Å². The molecule has 1 fully saturated rings. The zero-order chi connectivity index (χ0) is 15.3. The molecule has 2 rings (SSSR count). The molecule has 1 N–H and O–H groups in total. The van der Waals surface area contributed by atoms with Crippen molar-refractivity contribution in [3.8, 4) is 0 Å². The number of hydrogen-bond acceptors (Lipinski definition) is 4. The van der Waals surface area contributed by atoms with E-state index in [1.807, 2.05) is 12.1 Å². The Balaban J connectivity index is 1.80. The lowest BCUT2D eigenvalue weighted by Crippen LogP contribution is -2.42. The summed E-state index contributed by atoms with van der Waals surface area (Å²) in [6, 6.07) is 6.82. The molecular weight excluding hydrogens is 268 g/mol. The molecule has 116 valence electrons. The quantitative estimate of drug-likeness (QED) is 0.646. The van der Waals surface area contributed by atoms with Crippen molar-refractivity contribution in [2.24, 2.45) is 5.41 Å². The highest BCUT2D eigenvalue weighted by molar-refractivity contribution is 5.32. The molecule has 1 saturated heterocycles. The van der Waals surface area contributed by atoms with Crippen molar-refractivity contribution in [1.82, 2.24) is 4.90 Å². The summed E-state index contributed by atoms with van der Waals surface area (Å²) in [6.45, 7) is 5.48. The number of nitro groups is 1. The maximum Gasteiger partial charge on any atom is 0.269 e. The monoisotopic (exact) mass is 292 g/mol. The van der Waals surface area contributed by atoms with Crippen LogP contribution in [0, 0.1) is 15.5 Å². The molecule has 5 nitrogen and oxygen atoms in total. The van der Waals surface area contributed by atoms with Gasteiger partial charge in [-0.1, -0.05) is 19.1 Å². The van der Waals surface area contributed by atoms with E-state index in [4.69, 9.17) is 0 Å². The minimum atomic E-state index is -0.367. The van der Waals surface area contributed by atoms with E-state index >= 15 is 0 Å². The molecule has 1 aromatic carbocycles. The highest BCUT2D eigenvalue weighted by atomic mass is 16.6. The third kappa shape index (κ3) is 4.02. The summed E-state index contributed by atoms with van der Waals surface area (Å²) < 4.78 is 0. The van der Waals surface area contributed by atoms with E-state index in [-0.39, 0.29) is 16.0 Å². The van der Waals surface area contributed by atoms with Crippen LogP contribution < -0.4 is 0 Å². The number of nitrogens with zero attached hydrogens (tertiary/aromatic N) is 2. The summed E-state index contributed by atoms with van der Waals surface area (Å²) in [4.78, 5) is 12.7. The fourth-order valence-electron chi connectivity index (χ4n) is 2.95. The second-order valence-corrected chi connectivity index (χ2v) is 6.03. The smallest absolute Gasteiger partial charge is 0.269 e. The molecule has 0 atom stereocenters. The normalized spacial score (nSPS) is 18.6. The second-order valence-electron chi connectivity index (χ2n) is 6.03. The number of hydrogen-bond donors (Lipinski definition) is 1. The largest absolute Gasteiger partial charge is 0.396 e. The summed E-state index contributed by atoms with van der Waals surface area (Å²) >= 11 is 0. The fourth-order valence-corrected chi connectivity index (χ4v) is 2.95. The van der Waals surface area contributed by atoms with Crippen LogP contribution in [0.1, 0.15) is 31.7 Å². The molecule has 0 aliphatic carbocycles. The van der Waals surface area contributed by atoms with Crippen LogP contribution >= 0.6 is 0 Å². The van der Waals surface area contributed by atoms with Crippen LogP contribution in [-0.2, 0) is 6.42 Å². The first-order chi connectivity index (χ1) is 10.1. The number of aliphatic hydroxyl groups is 1. The minimum Gasteiger partial charge on any atom is -0.396 e. The Hall–Kier alpha value is -1.46. The van der Waals surface area contributed by atoms with Crippen molar-refractivity contribution < 1.29 is 10.0 Å². The molecule has 1 aromatic rings. The second kappa shape index (κ2) is 7.00. The number of nitro benzene ring substituents is 1. The Morgan fingerprint density at radius 1 is 1.29 bits per heavy atom. The van der Waals surface area contributed by atoms with Gasteiger partial charge in [0, 0.05) is 25.3 Å². The summed E-state index contributed by atoms with van der Waals surface area (Å²) in [5.74, 6) is 0.